The molecule has 0 bridgehead atoms. The summed E-state index contributed by atoms with van der Waals surface area (Å²) in [6, 6.07) is 7.54. The highest BCUT2D eigenvalue weighted by Gasteiger charge is 2.03. The van der Waals surface area contributed by atoms with Gasteiger partial charge in [0, 0.05) is 43.2 Å². The number of hydrogen-bond donors (Lipinski definition) is 2. The molecule has 2 N–H and O–H groups in total. The normalized spacial score (nSPS) is 10.3. The van der Waals surface area contributed by atoms with Crippen LogP contribution in [0.5, 0.6) is 0 Å². The Labute approximate surface area is 124 Å². The molecule has 1 aromatic heterocycles. The Hall–Kier alpha value is -2.40. The van der Waals surface area contributed by atoms with Crippen LogP contribution in [0.15, 0.2) is 43.2 Å². The van der Waals surface area contributed by atoms with Gasteiger partial charge in [-0.1, -0.05) is 24.3 Å². The minimum atomic E-state index is -0.0451. The van der Waals surface area contributed by atoms with Crippen LogP contribution in [-0.2, 0) is 6.54 Å². The van der Waals surface area contributed by atoms with Gasteiger partial charge in [0.1, 0.15) is 0 Å². The van der Waals surface area contributed by atoms with Crippen molar-refractivity contribution in [3.05, 3.63) is 59.9 Å². The first-order valence-electron chi connectivity index (χ1n) is 6.90. The van der Waals surface area contributed by atoms with Gasteiger partial charge in [0.25, 0.3) is 5.91 Å². The van der Waals surface area contributed by atoms with Crippen molar-refractivity contribution >= 4 is 12.1 Å². The zero-order valence-corrected chi connectivity index (χ0v) is 12.2. The number of nitrogens with zero attached hydrogens (tertiary/aromatic N) is 2. The molecule has 0 unspecified atom stereocenters. The summed E-state index contributed by atoms with van der Waals surface area (Å²) in [5, 5.41) is 10.2. The van der Waals surface area contributed by atoms with Crippen LogP contribution in [0.2, 0.25) is 0 Å². The molecule has 1 aromatic carbocycles. The lowest BCUT2D eigenvalue weighted by Crippen LogP contribution is -2.31. The number of aromatic nitrogens is 2. The lowest BCUT2D eigenvalue weighted by Gasteiger charge is -2.06. The highest BCUT2D eigenvalue weighted by molar-refractivity contribution is 5.94. The van der Waals surface area contributed by atoms with E-state index in [9.17, 15) is 4.79 Å². The lowest BCUT2D eigenvalue weighted by atomic mass is 10.1. The Balaban J connectivity index is 1.66. The van der Waals surface area contributed by atoms with Crippen molar-refractivity contribution in [1.82, 2.24) is 20.4 Å². The standard InChI is InChI=1S/C16H20N4O/c1-3-20-12-14(11-19-20)10-17-8-9-18-16(21)15-6-4-13(2)5-7-15/h3-7,11-12,17H,1,8-10H2,2H3,(H,18,21). The maximum atomic E-state index is 11.9. The fraction of sp³-hybridized carbons (Fsp3) is 0.250. The van der Waals surface area contributed by atoms with Crippen molar-refractivity contribution < 1.29 is 4.79 Å². The molecule has 0 saturated heterocycles. The number of carbonyl (C=O) groups is 1. The van der Waals surface area contributed by atoms with E-state index in [4.69, 9.17) is 0 Å². The zero-order chi connectivity index (χ0) is 15.1. The summed E-state index contributed by atoms with van der Waals surface area (Å²) in [6.45, 7) is 7.65. The maximum absolute atomic E-state index is 11.9. The Morgan fingerprint density at radius 3 is 2.76 bits per heavy atom. The molecule has 0 aliphatic carbocycles. The minimum absolute atomic E-state index is 0.0451. The molecule has 5 heteroatoms. The predicted molar refractivity (Wildman–Crippen MR) is 83.8 cm³/mol. The van der Waals surface area contributed by atoms with Gasteiger partial charge in [-0.2, -0.15) is 5.10 Å². The van der Waals surface area contributed by atoms with E-state index in [1.54, 1.807) is 17.1 Å². The molecular formula is C16H20N4O. The van der Waals surface area contributed by atoms with E-state index in [1.165, 1.54) is 0 Å². The van der Waals surface area contributed by atoms with Crippen molar-refractivity contribution in [3.63, 3.8) is 0 Å². The Morgan fingerprint density at radius 2 is 2.10 bits per heavy atom. The van der Waals surface area contributed by atoms with Crippen molar-refractivity contribution in [2.45, 2.75) is 13.5 Å². The molecule has 0 saturated carbocycles. The SMILES string of the molecule is C=Cn1cc(CNCCNC(=O)c2ccc(C)cc2)cn1. The summed E-state index contributed by atoms with van der Waals surface area (Å²) in [4.78, 5) is 11.9. The third-order valence-electron chi connectivity index (χ3n) is 3.07. The van der Waals surface area contributed by atoms with Gasteiger partial charge in [-0.25, -0.2) is 4.68 Å². The molecule has 0 fully saturated rings. The van der Waals surface area contributed by atoms with E-state index < -0.39 is 0 Å². The zero-order valence-electron chi connectivity index (χ0n) is 12.2. The van der Waals surface area contributed by atoms with E-state index >= 15 is 0 Å². The van der Waals surface area contributed by atoms with Crippen LogP contribution in [0.25, 0.3) is 6.20 Å². The predicted octanol–water partition coefficient (Wildman–Crippen LogP) is 1.81. The molecular weight excluding hydrogens is 264 g/mol. The number of amides is 1. The van der Waals surface area contributed by atoms with Crippen LogP contribution in [0.1, 0.15) is 21.5 Å². The Morgan fingerprint density at radius 1 is 1.33 bits per heavy atom. The molecule has 21 heavy (non-hydrogen) atoms. The van der Waals surface area contributed by atoms with E-state index in [2.05, 4.69) is 22.3 Å². The first-order chi connectivity index (χ1) is 10.2. The van der Waals surface area contributed by atoms with Gasteiger partial charge >= 0.3 is 0 Å². The van der Waals surface area contributed by atoms with Crippen molar-refractivity contribution in [2.24, 2.45) is 0 Å². The molecule has 1 amide bonds. The second-order valence-electron chi connectivity index (χ2n) is 4.81. The number of hydrogen-bond acceptors (Lipinski definition) is 3. The molecule has 0 aliphatic rings. The Kier molecular flexibility index (Phi) is 5.29. The van der Waals surface area contributed by atoms with Gasteiger partial charge in [-0.05, 0) is 19.1 Å². The fourth-order valence-corrected chi connectivity index (χ4v) is 1.87. The number of carbonyl (C=O) groups excluding carboxylic acids is 1. The van der Waals surface area contributed by atoms with Gasteiger partial charge in [-0.3, -0.25) is 4.79 Å². The smallest absolute Gasteiger partial charge is 0.251 e. The van der Waals surface area contributed by atoms with Crippen LogP contribution in [0.3, 0.4) is 0 Å². The van der Waals surface area contributed by atoms with Crippen LogP contribution < -0.4 is 10.6 Å². The minimum Gasteiger partial charge on any atom is -0.351 e. The second kappa shape index (κ2) is 7.40. The van der Waals surface area contributed by atoms with Crippen LogP contribution in [-0.4, -0.2) is 28.8 Å². The van der Waals surface area contributed by atoms with E-state index in [0.29, 0.717) is 25.2 Å². The molecule has 0 radical (unpaired) electrons. The summed E-state index contributed by atoms with van der Waals surface area (Å²) < 4.78 is 1.66. The quantitative estimate of drug-likeness (QED) is 0.762. The summed E-state index contributed by atoms with van der Waals surface area (Å²) in [6.07, 6.45) is 5.34. The van der Waals surface area contributed by atoms with Crippen molar-refractivity contribution in [3.8, 4) is 0 Å². The molecule has 5 nitrogen and oxygen atoms in total. The summed E-state index contributed by atoms with van der Waals surface area (Å²) >= 11 is 0. The number of benzene rings is 1. The number of aryl methyl sites for hydroxylation is 1. The van der Waals surface area contributed by atoms with Crippen molar-refractivity contribution in [2.75, 3.05) is 13.1 Å². The van der Waals surface area contributed by atoms with E-state index in [1.807, 2.05) is 37.4 Å². The first-order valence-corrected chi connectivity index (χ1v) is 6.90. The molecule has 0 aliphatic heterocycles. The summed E-state index contributed by atoms with van der Waals surface area (Å²) in [5.41, 5.74) is 2.92. The molecule has 2 rings (SSSR count). The van der Waals surface area contributed by atoms with Gasteiger partial charge in [0.05, 0.1) is 6.20 Å². The fourth-order valence-electron chi connectivity index (χ4n) is 1.87. The molecule has 2 aromatic rings. The van der Waals surface area contributed by atoms with Gasteiger partial charge in [-0.15, -0.1) is 0 Å². The summed E-state index contributed by atoms with van der Waals surface area (Å²) in [7, 11) is 0. The topological polar surface area (TPSA) is 59.0 Å². The van der Waals surface area contributed by atoms with Gasteiger partial charge < -0.3 is 10.6 Å². The van der Waals surface area contributed by atoms with E-state index in [-0.39, 0.29) is 5.91 Å². The van der Waals surface area contributed by atoms with E-state index in [0.717, 1.165) is 11.1 Å². The molecule has 1 heterocycles. The van der Waals surface area contributed by atoms with Crippen LogP contribution >= 0.6 is 0 Å². The van der Waals surface area contributed by atoms with Crippen LogP contribution in [0, 0.1) is 6.92 Å². The first kappa shape index (κ1) is 15.0. The second-order valence-corrected chi connectivity index (χ2v) is 4.81. The molecule has 110 valence electrons. The molecule has 0 spiro atoms. The highest BCUT2D eigenvalue weighted by atomic mass is 16.1. The maximum Gasteiger partial charge on any atom is 0.251 e. The average molecular weight is 284 g/mol. The highest BCUT2D eigenvalue weighted by Crippen LogP contribution is 2.02. The largest absolute Gasteiger partial charge is 0.351 e. The Bertz CT molecular complexity index is 601. The van der Waals surface area contributed by atoms with Crippen molar-refractivity contribution in [1.29, 1.82) is 0 Å². The van der Waals surface area contributed by atoms with Gasteiger partial charge in [0.2, 0.25) is 0 Å². The monoisotopic (exact) mass is 284 g/mol. The van der Waals surface area contributed by atoms with Gasteiger partial charge in [0.15, 0.2) is 0 Å². The third-order valence-corrected chi connectivity index (χ3v) is 3.07. The third kappa shape index (κ3) is 4.57. The average Bonchev–Trinajstić information content (AvgIpc) is 2.95. The number of rotatable bonds is 7. The number of nitrogens with one attached hydrogen (secondary N) is 2. The lowest BCUT2D eigenvalue weighted by molar-refractivity contribution is 0.0954. The molecule has 0 atom stereocenters. The summed E-state index contributed by atoms with van der Waals surface area (Å²) in [5.74, 6) is -0.0451. The van der Waals surface area contributed by atoms with Crippen LogP contribution in [0.4, 0.5) is 0 Å².